The largest absolute Gasteiger partial charge is 0.376 e. The first-order valence-corrected chi connectivity index (χ1v) is 12.7. The highest BCUT2D eigenvalue weighted by Crippen LogP contribution is 2.38. The number of anilines is 2. The highest BCUT2D eigenvalue weighted by atomic mass is 32.2. The second-order valence-corrected chi connectivity index (χ2v) is 10.7. The number of carbonyl (C=O) groups excluding carboxylic acids is 2. The van der Waals surface area contributed by atoms with Crippen LogP contribution in [0.4, 0.5) is 11.4 Å². The van der Waals surface area contributed by atoms with Crippen LogP contribution < -0.4 is 15.8 Å². The molecule has 0 radical (unpaired) electrons. The minimum Gasteiger partial charge on any atom is -0.376 e. The van der Waals surface area contributed by atoms with Crippen molar-refractivity contribution in [1.29, 1.82) is 0 Å². The van der Waals surface area contributed by atoms with Gasteiger partial charge in [-0.3, -0.25) is 23.9 Å². The summed E-state index contributed by atoms with van der Waals surface area (Å²) < 4.78 is 7.42. The van der Waals surface area contributed by atoms with Crippen LogP contribution in [-0.2, 0) is 20.9 Å². The molecule has 5 rings (SSSR count). The Labute approximate surface area is 207 Å². The lowest BCUT2D eigenvalue weighted by Gasteiger charge is -2.43. The summed E-state index contributed by atoms with van der Waals surface area (Å²) >= 11 is 1.23. The van der Waals surface area contributed by atoms with E-state index < -0.39 is 10.8 Å². The van der Waals surface area contributed by atoms with Gasteiger partial charge in [0.1, 0.15) is 5.54 Å². The van der Waals surface area contributed by atoms with E-state index in [4.69, 9.17) is 9.72 Å². The van der Waals surface area contributed by atoms with Crippen molar-refractivity contribution < 1.29 is 14.3 Å². The molecule has 1 N–H and O–H groups in total. The van der Waals surface area contributed by atoms with Crippen molar-refractivity contribution >= 4 is 45.9 Å². The van der Waals surface area contributed by atoms with Gasteiger partial charge in [0.25, 0.3) is 5.56 Å². The Morgan fingerprint density at radius 3 is 2.71 bits per heavy atom. The molecule has 9 heteroatoms. The molecule has 2 aromatic carbocycles. The third kappa shape index (κ3) is 4.23. The smallest absolute Gasteiger partial charge is 0.262 e. The fourth-order valence-electron chi connectivity index (χ4n) is 4.63. The third-order valence-corrected chi connectivity index (χ3v) is 7.67. The van der Waals surface area contributed by atoms with Gasteiger partial charge in [-0.1, -0.05) is 36.0 Å². The topological polar surface area (TPSA) is 93.5 Å². The summed E-state index contributed by atoms with van der Waals surface area (Å²) in [6, 6.07) is 14.5. The maximum Gasteiger partial charge on any atom is 0.262 e. The maximum atomic E-state index is 13.8. The van der Waals surface area contributed by atoms with Gasteiger partial charge in [-0.15, -0.1) is 0 Å². The van der Waals surface area contributed by atoms with Gasteiger partial charge in [0, 0.05) is 6.61 Å². The zero-order valence-corrected chi connectivity index (χ0v) is 20.8. The Hall–Kier alpha value is -3.17. The zero-order valence-electron chi connectivity index (χ0n) is 20.0. The van der Waals surface area contributed by atoms with Crippen molar-refractivity contribution in [2.75, 3.05) is 16.8 Å². The summed E-state index contributed by atoms with van der Waals surface area (Å²) in [7, 11) is 0. The molecular weight excluding hydrogens is 464 g/mol. The third-order valence-electron chi connectivity index (χ3n) is 6.59. The maximum absolute atomic E-state index is 13.8. The molecule has 2 aliphatic rings. The van der Waals surface area contributed by atoms with Crippen molar-refractivity contribution in [3.8, 4) is 0 Å². The predicted molar refractivity (Wildman–Crippen MR) is 137 cm³/mol. The van der Waals surface area contributed by atoms with E-state index in [-0.39, 0.29) is 23.5 Å². The van der Waals surface area contributed by atoms with E-state index in [0.29, 0.717) is 40.6 Å². The number of hydrogen-bond acceptors (Lipinski definition) is 6. The molecule has 0 spiro atoms. The number of aromatic nitrogens is 2. The molecule has 0 saturated carbocycles. The highest BCUT2D eigenvalue weighted by Gasteiger charge is 2.45. The van der Waals surface area contributed by atoms with Crippen LogP contribution in [0.5, 0.6) is 0 Å². The number of carbonyl (C=O) groups is 2. The van der Waals surface area contributed by atoms with Crippen molar-refractivity contribution in [3.05, 3.63) is 58.9 Å². The van der Waals surface area contributed by atoms with Crippen LogP contribution in [-0.4, -0.2) is 44.9 Å². The zero-order chi connectivity index (χ0) is 24.7. The number of rotatable bonds is 5. The molecule has 182 valence electrons. The van der Waals surface area contributed by atoms with Gasteiger partial charge in [-0.2, -0.15) is 0 Å². The number of benzene rings is 2. The Balaban J connectivity index is 1.52. The average molecular weight is 493 g/mol. The van der Waals surface area contributed by atoms with Crippen LogP contribution in [0.2, 0.25) is 0 Å². The molecule has 1 aromatic heterocycles. The summed E-state index contributed by atoms with van der Waals surface area (Å²) in [4.78, 5) is 46.4. The minimum absolute atomic E-state index is 0.0578. The van der Waals surface area contributed by atoms with Crippen LogP contribution in [0.25, 0.3) is 10.9 Å². The lowest BCUT2D eigenvalue weighted by atomic mass is 9.96. The van der Waals surface area contributed by atoms with Crippen LogP contribution >= 0.6 is 11.8 Å². The number of nitrogens with one attached hydrogen (secondary N) is 1. The monoisotopic (exact) mass is 492 g/mol. The standard InChI is InChI=1S/C26H28N4O4S/c1-16(22(31)30-21-13-7-6-12-20(21)27-24(33)26(30,2)3)35-25-28-19-11-5-4-10-18(19)23(32)29(25)15-17-9-8-14-34-17/h4-7,10-13,16-17H,8-9,14-15H2,1-3H3,(H,27,33). The summed E-state index contributed by atoms with van der Waals surface area (Å²) in [6.45, 7) is 6.32. The van der Waals surface area contributed by atoms with Gasteiger partial charge >= 0.3 is 0 Å². The quantitative estimate of drug-likeness (QED) is 0.430. The molecule has 3 aromatic rings. The van der Waals surface area contributed by atoms with Gasteiger partial charge in [0.15, 0.2) is 5.16 Å². The summed E-state index contributed by atoms with van der Waals surface area (Å²) in [6.07, 6.45) is 1.78. The molecule has 8 nitrogen and oxygen atoms in total. The fourth-order valence-corrected chi connectivity index (χ4v) is 5.59. The van der Waals surface area contributed by atoms with E-state index in [1.54, 1.807) is 48.4 Å². The number of fused-ring (bicyclic) bond motifs is 2. The molecule has 2 unspecified atom stereocenters. The van der Waals surface area contributed by atoms with Crippen LogP contribution in [0.15, 0.2) is 58.5 Å². The predicted octanol–water partition coefficient (Wildman–Crippen LogP) is 3.82. The number of hydrogen-bond donors (Lipinski definition) is 1. The van der Waals surface area contributed by atoms with Gasteiger partial charge in [0.2, 0.25) is 11.8 Å². The molecular formula is C26H28N4O4S. The summed E-state index contributed by atoms with van der Waals surface area (Å²) in [5, 5.41) is 3.30. The van der Waals surface area contributed by atoms with Crippen LogP contribution in [0.3, 0.4) is 0 Å². The van der Waals surface area contributed by atoms with Crippen LogP contribution in [0, 0.1) is 0 Å². The second-order valence-electron chi connectivity index (χ2n) is 9.43. The first-order chi connectivity index (χ1) is 16.8. The van der Waals surface area contributed by atoms with E-state index in [2.05, 4.69) is 5.32 Å². The second kappa shape index (κ2) is 9.13. The highest BCUT2D eigenvalue weighted by molar-refractivity contribution is 8.00. The van der Waals surface area contributed by atoms with E-state index >= 15 is 0 Å². The van der Waals surface area contributed by atoms with Crippen LogP contribution in [0.1, 0.15) is 33.6 Å². The molecule has 35 heavy (non-hydrogen) atoms. The summed E-state index contributed by atoms with van der Waals surface area (Å²) in [5.74, 6) is -0.478. The van der Waals surface area contributed by atoms with E-state index in [0.717, 1.165) is 12.8 Å². The Kier molecular flexibility index (Phi) is 6.14. The van der Waals surface area contributed by atoms with E-state index in [1.807, 2.05) is 30.3 Å². The number of nitrogens with zero attached hydrogens (tertiary/aromatic N) is 3. The van der Waals surface area contributed by atoms with E-state index in [9.17, 15) is 14.4 Å². The van der Waals surface area contributed by atoms with Crippen molar-refractivity contribution in [2.45, 2.75) is 62.2 Å². The van der Waals surface area contributed by atoms with Gasteiger partial charge in [-0.25, -0.2) is 4.98 Å². The molecule has 2 aliphatic heterocycles. The Morgan fingerprint density at radius 2 is 1.94 bits per heavy atom. The molecule has 2 atom stereocenters. The van der Waals surface area contributed by atoms with Gasteiger partial charge in [-0.05, 0) is 57.9 Å². The summed E-state index contributed by atoms with van der Waals surface area (Å²) in [5.41, 5.74) is 0.621. The normalized spacial score (nSPS) is 19.9. The lowest BCUT2D eigenvalue weighted by molar-refractivity contribution is -0.126. The lowest BCUT2D eigenvalue weighted by Crippen LogP contribution is -2.60. The van der Waals surface area contributed by atoms with Crippen molar-refractivity contribution in [2.24, 2.45) is 0 Å². The Morgan fingerprint density at radius 1 is 1.20 bits per heavy atom. The molecule has 3 heterocycles. The molecule has 1 fully saturated rings. The number of amides is 2. The minimum atomic E-state index is -1.07. The van der Waals surface area contributed by atoms with Crippen molar-refractivity contribution in [1.82, 2.24) is 9.55 Å². The molecule has 0 bridgehead atoms. The molecule has 1 saturated heterocycles. The fraction of sp³-hybridized carbons (Fsp3) is 0.385. The SMILES string of the molecule is CC(Sc1nc2ccccc2c(=O)n1CC1CCCO1)C(=O)N1c2ccccc2NC(=O)C1(C)C. The Bertz CT molecular complexity index is 1360. The van der Waals surface area contributed by atoms with Gasteiger partial charge < -0.3 is 10.1 Å². The molecule has 2 amide bonds. The number of para-hydroxylation sites is 3. The molecule has 0 aliphatic carbocycles. The van der Waals surface area contributed by atoms with Crippen molar-refractivity contribution in [3.63, 3.8) is 0 Å². The van der Waals surface area contributed by atoms with Gasteiger partial charge in [0.05, 0.1) is 40.2 Å². The average Bonchev–Trinajstić information content (AvgIpc) is 3.35. The van der Waals surface area contributed by atoms with E-state index in [1.165, 1.54) is 11.8 Å². The number of ether oxygens (including phenoxy) is 1. The number of thioether (sulfide) groups is 1. The first kappa shape index (κ1) is 23.6. The first-order valence-electron chi connectivity index (χ1n) is 11.8.